The largest absolute Gasteiger partial charge is 0.490 e. The third kappa shape index (κ3) is 4.56. The number of benzene rings is 2. The van der Waals surface area contributed by atoms with Gasteiger partial charge in [0.2, 0.25) is 0 Å². The number of rotatable bonds is 5. The van der Waals surface area contributed by atoms with E-state index < -0.39 is 10.0 Å². The molecule has 1 aliphatic carbocycles. The number of ether oxygens (including phenoxy) is 1. The van der Waals surface area contributed by atoms with Crippen molar-refractivity contribution in [2.24, 2.45) is 5.92 Å². The van der Waals surface area contributed by atoms with Crippen molar-refractivity contribution in [1.82, 2.24) is 9.55 Å². The molecule has 0 bridgehead atoms. The Morgan fingerprint density at radius 1 is 1.08 bits per heavy atom. The van der Waals surface area contributed by atoms with Gasteiger partial charge in [0.15, 0.2) is 0 Å². The van der Waals surface area contributed by atoms with E-state index in [1.54, 1.807) is 19.2 Å². The van der Waals surface area contributed by atoms with Crippen LogP contribution in [0.4, 0.5) is 11.4 Å². The zero-order valence-corrected chi connectivity index (χ0v) is 22.9. The molecule has 2 heterocycles. The number of nitrogens with zero attached hydrogens (tertiary/aromatic N) is 4. The van der Waals surface area contributed by atoms with Crippen molar-refractivity contribution in [2.75, 3.05) is 36.5 Å². The Morgan fingerprint density at radius 2 is 1.83 bits per heavy atom. The standard InChI is InChI=1S/C28H38N4O3S/c1-28(2,3)27-29-23-17-21(11-13-24(23)32(27)19-20-9-7-6-8-10-20)31(5)36(33,34)22-12-14-25-26(18-22)35-16-15-30(25)4/h11-14,17-18,20H,6-10,15-16,19H2,1-5H3. The van der Waals surface area contributed by atoms with Crippen molar-refractivity contribution < 1.29 is 13.2 Å². The van der Waals surface area contributed by atoms with Crippen molar-refractivity contribution in [3.63, 3.8) is 0 Å². The number of fused-ring (bicyclic) bond motifs is 2. The van der Waals surface area contributed by atoms with Crippen molar-refractivity contribution in [3.05, 3.63) is 42.2 Å². The molecule has 1 fully saturated rings. The van der Waals surface area contributed by atoms with Crippen LogP contribution in [0.1, 0.15) is 58.7 Å². The summed E-state index contributed by atoms with van der Waals surface area (Å²) in [7, 11) is -0.180. The Morgan fingerprint density at radius 3 is 2.56 bits per heavy atom. The molecule has 5 rings (SSSR count). The summed E-state index contributed by atoms with van der Waals surface area (Å²) >= 11 is 0. The van der Waals surface area contributed by atoms with Gasteiger partial charge in [0.05, 0.1) is 33.8 Å². The van der Waals surface area contributed by atoms with Gasteiger partial charge in [-0.1, -0.05) is 40.0 Å². The van der Waals surface area contributed by atoms with E-state index in [0.29, 0.717) is 24.0 Å². The number of likely N-dealkylation sites (N-methyl/N-ethyl adjacent to an activating group) is 1. The molecule has 0 N–H and O–H groups in total. The van der Waals surface area contributed by atoms with E-state index >= 15 is 0 Å². The third-order valence-corrected chi connectivity index (χ3v) is 9.40. The van der Waals surface area contributed by atoms with Crippen molar-refractivity contribution >= 4 is 32.4 Å². The lowest BCUT2D eigenvalue weighted by molar-refractivity contribution is 0.310. The Kier molecular flexibility index (Phi) is 6.43. The third-order valence-electron chi connectivity index (χ3n) is 7.62. The second-order valence-corrected chi connectivity index (χ2v) is 13.3. The molecule has 3 aromatic rings. The van der Waals surface area contributed by atoms with Gasteiger partial charge in [-0.25, -0.2) is 13.4 Å². The molecule has 0 spiro atoms. The van der Waals surface area contributed by atoms with Crippen LogP contribution < -0.4 is 13.9 Å². The molecule has 36 heavy (non-hydrogen) atoms. The molecule has 1 aromatic heterocycles. The van der Waals surface area contributed by atoms with Gasteiger partial charge >= 0.3 is 0 Å². The number of aromatic nitrogens is 2. The molecule has 0 saturated heterocycles. The van der Waals surface area contributed by atoms with Gasteiger partial charge in [-0.05, 0) is 49.1 Å². The lowest BCUT2D eigenvalue weighted by atomic mass is 9.88. The highest BCUT2D eigenvalue weighted by molar-refractivity contribution is 7.92. The fourth-order valence-electron chi connectivity index (χ4n) is 5.50. The van der Waals surface area contributed by atoms with Crippen LogP contribution in [0, 0.1) is 5.92 Å². The summed E-state index contributed by atoms with van der Waals surface area (Å²) in [5, 5.41) is 0. The Hall–Kier alpha value is -2.74. The highest BCUT2D eigenvalue weighted by atomic mass is 32.2. The van der Waals surface area contributed by atoms with Crippen LogP contribution in [-0.4, -0.2) is 45.2 Å². The van der Waals surface area contributed by atoms with E-state index in [1.807, 2.05) is 31.3 Å². The predicted molar refractivity (Wildman–Crippen MR) is 146 cm³/mol. The Balaban J connectivity index is 1.50. The maximum Gasteiger partial charge on any atom is 0.264 e. The molecule has 1 saturated carbocycles. The molecule has 0 atom stereocenters. The molecule has 1 aliphatic heterocycles. The fraction of sp³-hybridized carbons (Fsp3) is 0.536. The number of anilines is 2. The summed E-state index contributed by atoms with van der Waals surface area (Å²) in [5.41, 5.74) is 3.31. The summed E-state index contributed by atoms with van der Waals surface area (Å²) in [5.74, 6) is 2.33. The van der Waals surface area contributed by atoms with Gasteiger partial charge in [-0.2, -0.15) is 0 Å². The molecule has 8 heteroatoms. The number of sulfonamides is 1. The van der Waals surface area contributed by atoms with Crippen LogP contribution in [0.3, 0.4) is 0 Å². The average molecular weight is 511 g/mol. The molecule has 194 valence electrons. The molecule has 7 nitrogen and oxygen atoms in total. The van der Waals surface area contributed by atoms with Crippen LogP contribution in [0.5, 0.6) is 5.75 Å². The van der Waals surface area contributed by atoms with E-state index in [9.17, 15) is 8.42 Å². The van der Waals surface area contributed by atoms with Crippen LogP contribution in [0.15, 0.2) is 41.3 Å². The molecule has 0 amide bonds. The minimum Gasteiger partial charge on any atom is -0.490 e. The predicted octanol–water partition coefficient (Wildman–Crippen LogP) is 5.57. The second kappa shape index (κ2) is 9.29. The van der Waals surface area contributed by atoms with E-state index in [2.05, 4.69) is 30.2 Å². The number of imidazole rings is 1. The van der Waals surface area contributed by atoms with Crippen molar-refractivity contribution in [3.8, 4) is 5.75 Å². The average Bonchev–Trinajstić information content (AvgIpc) is 3.22. The first-order valence-electron chi connectivity index (χ1n) is 13.0. The van der Waals surface area contributed by atoms with Crippen LogP contribution >= 0.6 is 0 Å². The van der Waals surface area contributed by atoms with Crippen LogP contribution in [-0.2, 0) is 22.0 Å². The van der Waals surface area contributed by atoms with Gasteiger partial charge in [-0.3, -0.25) is 4.31 Å². The maximum atomic E-state index is 13.6. The summed E-state index contributed by atoms with van der Waals surface area (Å²) in [6.45, 7) is 8.87. The van der Waals surface area contributed by atoms with Crippen LogP contribution in [0.2, 0.25) is 0 Å². The summed E-state index contributed by atoms with van der Waals surface area (Å²) in [6, 6.07) is 10.9. The summed E-state index contributed by atoms with van der Waals surface area (Å²) in [4.78, 5) is 7.32. The van der Waals surface area contributed by atoms with E-state index in [0.717, 1.165) is 35.6 Å². The quantitative estimate of drug-likeness (QED) is 0.449. The van der Waals surface area contributed by atoms with Crippen LogP contribution in [0.25, 0.3) is 11.0 Å². The number of hydrogen-bond donors (Lipinski definition) is 0. The van der Waals surface area contributed by atoms with Gasteiger partial charge in [0, 0.05) is 32.1 Å². The van der Waals surface area contributed by atoms with E-state index in [1.165, 1.54) is 36.4 Å². The molecular formula is C28H38N4O3S. The first-order chi connectivity index (χ1) is 17.1. The summed E-state index contributed by atoms with van der Waals surface area (Å²) in [6.07, 6.45) is 6.48. The number of hydrogen-bond acceptors (Lipinski definition) is 5. The molecule has 2 aromatic carbocycles. The Labute approximate surface area is 215 Å². The van der Waals surface area contributed by atoms with Gasteiger partial charge in [-0.15, -0.1) is 0 Å². The fourth-order valence-corrected chi connectivity index (χ4v) is 6.70. The minimum absolute atomic E-state index is 0.109. The first-order valence-corrected chi connectivity index (χ1v) is 14.5. The van der Waals surface area contributed by atoms with E-state index in [-0.39, 0.29) is 10.3 Å². The molecule has 0 unspecified atom stereocenters. The molecule has 0 radical (unpaired) electrons. The first kappa shape index (κ1) is 24.9. The summed E-state index contributed by atoms with van der Waals surface area (Å²) < 4.78 is 36.6. The van der Waals surface area contributed by atoms with Gasteiger partial charge < -0.3 is 14.2 Å². The monoisotopic (exact) mass is 510 g/mol. The second-order valence-electron chi connectivity index (χ2n) is 11.3. The molecular weight excluding hydrogens is 472 g/mol. The van der Waals surface area contributed by atoms with Crippen molar-refractivity contribution in [2.45, 2.75) is 69.7 Å². The minimum atomic E-state index is -3.77. The van der Waals surface area contributed by atoms with Gasteiger partial charge in [0.1, 0.15) is 18.2 Å². The van der Waals surface area contributed by atoms with E-state index in [4.69, 9.17) is 9.72 Å². The highest BCUT2D eigenvalue weighted by Crippen LogP contribution is 2.36. The normalized spacial score (nSPS) is 17.2. The smallest absolute Gasteiger partial charge is 0.264 e. The topological polar surface area (TPSA) is 67.7 Å². The Bertz CT molecular complexity index is 1370. The SMILES string of the molecule is CN1CCOc2cc(S(=O)(=O)N(C)c3ccc4c(c3)nc(C(C)(C)C)n4CC3CCCCC3)ccc21. The van der Waals surface area contributed by atoms with Crippen molar-refractivity contribution in [1.29, 1.82) is 0 Å². The zero-order chi connectivity index (χ0) is 25.7. The zero-order valence-electron chi connectivity index (χ0n) is 22.1. The maximum absolute atomic E-state index is 13.6. The lowest BCUT2D eigenvalue weighted by Gasteiger charge is -2.28. The lowest BCUT2D eigenvalue weighted by Crippen LogP contribution is -2.30. The highest BCUT2D eigenvalue weighted by Gasteiger charge is 2.28. The van der Waals surface area contributed by atoms with Gasteiger partial charge in [0.25, 0.3) is 10.0 Å². The molecule has 2 aliphatic rings.